The van der Waals surface area contributed by atoms with E-state index in [2.05, 4.69) is 18.2 Å². The van der Waals surface area contributed by atoms with Gasteiger partial charge < -0.3 is 10.8 Å². The van der Waals surface area contributed by atoms with Gasteiger partial charge in [0.15, 0.2) is 0 Å². The van der Waals surface area contributed by atoms with Gasteiger partial charge in [0.25, 0.3) is 0 Å². The van der Waals surface area contributed by atoms with Gasteiger partial charge in [0.2, 0.25) is 0 Å². The van der Waals surface area contributed by atoms with Gasteiger partial charge in [0, 0.05) is 16.3 Å². The lowest BCUT2D eigenvalue weighted by Crippen LogP contribution is -2.19. The maximum Gasteiger partial charge on any atom is 0.0815 e. The zero-order valence-corrected chi connectivity index (χ0v) is 11.3. The molecule has 2 unspecified atom stereocenters. The van der Waals surface area contributed by atoms with E-state index in [9.17, 15) is 5.11 Å². The molecule has 3 rings (SSSR count). The Balaban J connectivity index is 1.75. The minimum Gasteiger partial charge on any atom is -0.398 e. The summed E-state index contributed by atoms with van der Waals surface area (Å²) in [6.45, 7) is 0. The van der Waals surface area contributed by atoms with Crippen LogP contribution in [0.15, 0.2) is 42.5 Å². The maximum absolute atomic E-state index is 10.3. The SMILES string of the molecule is Nc1cc(Cl)ccc1C(O)CC1Cc2ccccc21. The molecule has 2 atom stereocenters. The van der Waals surface area contributed by atoms with Crippen LogP contribution in [0.25, 0.3) is 0 Å². The highest BCUT2D eigenvalue weighted by molar-refractivity contribution is 6.30. The second kappa shape index (κ2) is 4.87. The van der Waals surface area contributed by atoms with E-state index < -0.39 is 6.10 Å². The molecule has 98 valence electrons. The average molecular weight is 274 g/mol. The number of nitrogen functional groups attached to an aromatic ring is 1. The Morgan fingerprint density at radius 2 is 2.05 bits per heavy atom. The van der Waals surface area contributed by atoms with Crippen LogP contribution in [0.4, 0.5) is 5.69 Å². The average Bonchev–Trinajstić information content (AvgIpc) is 2.35. The number of aliphatic hydroxyl groups excluding tert-OH is 1. The number of rotatable bonds is 3. The Bertz CT molecular complexity index is 611. The van der Waals surface area contributed by atoms with Crippen molar-refractivity contribution < 1.29 is 5.11 Å². The third-order valence-corrected chi connectivity index (χ3v) is 4.11. The van der Waals surface area contributed by atoms with Crippen molar-refractivity contribution in [3.8, 4) is 0 Å². The van der Waals surface area contributed by atoms with Crippen LogP contribution in [-0.4, -0.2) is 5.11 Å². The van der Waals surface area contributed by atoms with Crippen LogP contribution in [0.3, 0.4) is 0 Å². The molecule has 1 aliphatic rings. The van der Waals surface area contributed by atoms with Crippen molar-refractivity contribution in [3.05, 3.63) is 64.2 Å². The number of anilines is 1. The Morgan fingerprint density at radius 3 is 2.79 bits per heavy atom. The molecular formula is C16H16ClNO. The number of nitrogens with two attached hydrogens (primary N) is 1. The first-order chi connectivity index (χ1) is 9.15. The van der Waals surface area contributed by atoms with Crippen LogP contribution in [-0.2, 0) is 6.42 Å². The standard InChI is InChI=1S/C16H16ClNO/c17-12-5-6-14(15(18)9-12)16(19)8-11-7-10-3-1-2-4-13(10)11/h1-6,9,11,16,19H,7-8,18H2. The molecule has 0 aliphatic heterocycles. The lowest BCUT2D eigenvalue weighted by atomic mass is 9.74. The molecule has 1 aliphatic carbocycles. The fourth-order valence-corrected chi connectivity index (χ4v) is 3.00. The van der Waals surface area contributed by atoms with E-state index >= 15 is 0 Å². The molecule has 0 bridgehead atoms. The predicted octanol–water partition coefficient (Wildman–Crippen LogP) is 3.69. The highest BCUT2D eigenvalue weighted by Gasteiger charge is 2.28. The van der Waals surface area contributed by atoms with Crippen LogP contribution in [0, 0.1) is 0 Å². The number of halogens is 1. The molecular weight excluding hydrogens is 258 g/mol. The van der Waals surface area contributed by atoms with Crippen molar-refractivity contribution in [2.45, 2.75) is 24.9 Å². The van der Waals surface area contributed by atoms with Gasteiger partial charge in [-0.15, -0.1) is 0 Å². The zero-order chi connectivity index (χ0) is 13.4. The molecule has 0 radical (unpaired) electrons. The summed E-state index contributed by atoms with van der Waals surface area (Å²) in [5.41, 5.74) is 9.99. The van der Waals surface area contributed by atoms with E-state index in [4.69, 9.17) is 17.3 Å². The number of aliphatic hydroxyl groups is 1. The third-order valence-electron chi connectivity index (χ3n) is 3.88. The van der Waals surface area contributed by atoms with Gasteiger partial charge >= 0.3 is 0 Å². The highest BCUT2D eigenvalue weighted by atomic mass is 35.5. The van der Waals surface area contributed by atoms with Crippen LogP contribution in [0.1, 0.15) is 35.1 Å². The third kappa shape index (κ3) is 2.34. The van der Waals surface area contributed by atoms with Gasteiger partial charge in [0.05, 0.1) is 6.10 Å². The van der Waals surface area contributed by atoms with Crippen LogP contribution in [0.5, 0.6) is 0 Å². The van der Waals surface area contributed by atoms with Gasteiger partial charge in [-0.3, -0.25) is 0 Å². The zero-order valence-electron chi connectivity index (χ0n) is 10.5. The summed E-state index contributed by atoms with van der Waals surface area (Å²) in [6, 6.07) is 13.7. The molecule has 0 aromatic heterocycles. The monoisotopic (exact) mass is 273 g/mol. The van der Waals surface area contributed by atoms with Crippen molar-refractivity contribution in [2.24, 2.45) is 0 Å². The first-order valence-electron chi connectivity index (χ1n) is 6.46. The van der Waals surface area contributed by atoms with E-state index in [-0.39, 0.29) is 0 Å². The van der Waals surface area contributed by atoms with Gasteiger partial charge in [0.1, 0.15) is 0 Å². The van der Waals surface area contributed by atoms with Gasteiger partial charge in [-0.2, -0.15) is 0 Å². The molecule has 0 saturated carbocycles. The van der Waals surface area contributed by atoms with Crippen LogP contribution in [0.2, 0.25) is 5.02 Å². The fourth-order valence-electron chi connectivity index (χ4n) is 2.82. The smallest absolute Gasteiger partial charge is 0.0815 e. The van der Waals surface area contributed by atoms with Crippen molar-refractivity contribution in [2.75, 3.05) is 5.73 Å². The van der Waals surface area contributed by atoms with Crippen molar-refractivity contribution in [1.29, 1.82) is 0 Å². The van der Waals surface area contributed by atoms with Crippen molar-refractivity contribution in [1.82, 2.24) is 0 Å². The quantitative estimate of drug-likeness (QED) is 0.838. The Labute approximate surface area is 117 Å². The second-order valence-electron chi connectivity index (χ2n) is 5.12. The summed E-state index contributed by atoms with van der Waals surface area (Å²) in [4.78, 5) is 0. The summed E-state index contributed by atoms with van der Waals surface area (Å²) >= 11 is 5.87. The Morgan fingerprint density at radius 1 is 1.26 bits per heavy atom. The van der Waals surface area contributed by atoms with E-state index in [1.807, 2.05) is 12.1 Å². The van der Waals surface area contributed by atoms with E-state index in [0.717, 1.165) is 12.0 Å². The molecule has 19 heavy (non-hydrogen) atoms. The predicted molar refractivity (Wildman–Crippen MR) is 78.3 cm³/mol. The first-order valence-corrected chi connectivity index (χ1v) is 6.83. The summed E-state index contributed by atoms with van der Waals surface area (Å²) in [5.74, 6) is 0.432. The highest BCUT2D eigenvalue weighted by Crippen LogP contribution is 2.41. The van der Waals surface area contributed by atoms with Crippen LogP contribution < -0.4 is 5.73 Å². The lowest BCUT2D eigenvalue weighted by Gasteiger charge is -2.32. The summed E-state index contributed by atoms with van der Waals surface area (Å²) in [5, 5.41) is 10.9. The first kappa shape index (κ1) is 12.5. The maximum atomic E-state index is 10.3. The lowest BCUT2D eigenvalue weighted by molar-refractivity contribution is 0.154. The van der Waals surface area contributed by atoms with E-state index in [0.29, 0.717) is 23.0 Å². The van der Waals surface area contributed by atoms with Crippen molar-refractivity contribution >= 4 is 17.3 Å². The minimum absolute atomic E-state index is 0.432. The number of hydrogen-bond donors (Lipinski definition) is 2. The van der Waals surface area contributed by atoms with Gasteiger partial charge in [-0.1, -0.05) is 41.9 Å². The molecule has 2 aromatic rings. The van der Waals surface area contributed by atoms with E-state index in [1.165, 1.54) is 11.1 Å². The van der Waals surface area contributed by atoms with Crippen molar-refractivity contribution in [3.63, 3.8) is 0 Å². The Hall–Kier alpha value is -1.51. The molecule has 0 saturated heterocycles. The summed E-state index contributed by atoms with van der Waals surface area (Å²) in [6.07, 6.45) is 1.22. The second-order valence-corrected chi connectivity index (χ2v) is 5.56. The van der Waals surface area contributed by atoms with Crippen LogP contribution >= 0.6 is 11.6 Å². The molecule has 3 heteroatoms. The molecule has 2 nitrogen and oxygen atoms in total. The molecule has 0 amide bonds. The molecule has 0 heterocycles. The summed E-state index contributed by atoms with van der Waals surface area (Å²) < 4.78 is 0. The molecule has 3 N–H and O–H groups in total. The number of benzene rings is 2. The van der Waals surface area contributed by atoms with Gasteiger partial charge in [-0.25, -0.2) is 0 Å². The molecule has 2 aromatic carbocycles. The number of hydrogen-bond acceptors (Lipinski definition) is 2. The molecule has 0 fully saturated rings. The normalized spacial score (nSPS) is 18.5. The van der Waals surface area contributed by atoms with Gasteiger partial charge in [-0.05, 0) is 42.0 Å². The number of fused-ring (bicyclic) bond motifs is 1. The van der Waals surface area contributed by atoms with E-state index in [1.54, 1.807) is 12.1 Å². The molecule has 0 spiro atoms. The Kier molecular flexibility index (Phi) is 3.21. The fraction of sp³-hybridized carbons (Fsp3) is 0.250. The topological polar surface area (TPSA) is 46.2 Å². The summed E-state index contributed by atoms with van der Waals surface area (Å²) in [7, 11) is 0. The largest absolute Gasteiger partial charge is 0.398 e. The minimum atomic E-state index is -0.532.